The second kappa shape index (κ2) is 5.23. The fraction of sp³-hybridized carbons (Fsp3) is 0.429. The van der Waals surface area contributed by atoms with Gasteiger partial charge in [-0.3, -0.25) is 0 Å². The molecule has 0 aromatic heterocycles. The lowest BCUT2D eigenvalue weighted by molar-refractivity contribution is 0.354. The fourth-order valence-corrected chi connectivity index (χ4v) is 2.07. The zero-order valence-corrected chi connectivity index (χ0v) is 10.7. The fourth-order valence-electron chi connectivity index (χ4n) is 2.07. The van der Waals surface area contributed by atoms with Crippen molar-refractivity contribution in [1.82, 2.24) is 4.90 Å². The molecule has 1 aromatic carbocycles. The molecule has 1 aliphatic rings. The molecule has 0 radical (unpaired) electrons. The topological polar surface area (TPSA) is 21.7 Å². The van der Waals surface area contributed by atoms with Crippen LogP contribution < -0.4 is 9.47 Å². The second-order valence-corrected chi connectivity index (χ2v) is 4.31. The van der Waals surface area contributed by atoms with Crippen LogP contribution in [0.3, 0.4) is 0 Å². The lowest BCUT2D eigenvalue weighted by Crippen LogP contribution is -2.23. The van der Waals surface area contributed by atoms with E-state index in [-0.39, 0.29) is 0 Å². The summed E-state index contributed by atoms with van der Waals surface area (Å²) in [4.78, 5) is 2.31. The highest BCUT2D eigenvalue weighted by atomic mass is 16.5. The summed E-state index contributed by atoms with van der Waals surface area (Å²) < 4.78 is 10.6. The van der Waals surface area contributed by atoms with Gasteiger partial charge in [0.25, 0.3) is 0 Å². The number of rotatable bonds is 3. The molecule has 0 fully saturated rings. The van der Waals surface area contributed by atoms with Crippen LogP contribution in [0.2, 0.25) is 0 Å². The largest absolute Gasteiger partial charge is 0.493 e. The Morgan fingerprint density at radius 2 is 1.88 bits per heavy atom. The Labute approximate surface area is 103 Å². The number of hydrogen-bond donors (Lipinski definition) is 0. The smallest absolute Gasteiger partial charge is 0.161 e. The maximum atomic E-state index is 5.33. The highest BCUT2D eigenvalue weighted by Crippen LogP contribution is 2.32. The Morgan fingerprint density at radius 1 is 1.12 bits per heavy atom. The van der Waals surface area contributed by atoms with Crippen molar-refractivity contribution < 1.29 is 9.47 Å². The summed E-state index contributed by atoms with van der Waals surface area (Å²) in [6, 6.07) is 6.11. The van der Waals surface area contributed by atoms with Gasteiger partial charge < -0.3 is 14.4 Å². The Hall–Kier alpha value is -1.48. The van der Waals surface area contributed by atoms with Crippen LogP contribution >= 0.6 is 0 Å². The van der Waals surface area contributed by atoms with E-state index < -0.39 is 0 Å². The molecule has 0 N–H and O–H groups in total. The van der Waals surface area contributed by atoms with E-state index in [0.717, 1.165) is 31.0 Å². The molecular weight excluding hydrogens is 214 g/mol. The van der Waals surface area contributed by atoms with Gasteiger partial charge in [0.05, 0.1) is 14.2 Å². The molecule has 0 amide bonds. The van der Waals surface area contributed by atoms with E-state index >= 15 is 0 Å². The van der Waals surface area contributed by atoms with E-state index in [2.05, 4.69) is 30.2 Å². The van der Waals surface area contributed by atoms with E-state index in [1.807, 2.05) is 6.07 Å². The van der Waals surface area contributed by atoms with Gasteiger partial charge in [-0.2, -0.15) is 0 Å². The number of nitrogens with zero attached hydrogens (tertiary/aromatic N) is 1. The number of hydrogen-bond acceptors (Lipinski definition) is 3. The average molecular weight is 233 g/mol. The zero-order valence-electron chi connectivity index (χ0n) is 10.7. The van der Waals surface area contributed by atoms with Crippen LogP contribution in [-0.2, 0) is 0 Å². The summed E-state index contributed by atoms with van der Waals surface area (Å²) in [5, 5.41) is 0. The van der Waals surface area contributed by atoms with E-state index in [1.54, 1.807) is 14.2 Å². The summed E-state index contributed by atoms with van der Waals surface area (Å²) in [5.74, 6) is 1.58. The van der Waals surface area contributed by atoms with Gasteiger partial charge in [-0.1, -0.05) is 12.1 Å². The first kappa shape index (κ1) is 12.0. The molecule has 0 saturated heterocycles. The average Bonchev–Trinajstić information content (AvgIpc) is 2.39. The minimum Gasteiger partial charge on any atom is -0.493 e. The van der Waals surface area contributed by atoms with Crippen molar-refractivity contribution in [3.05, 3.63) is 29.8 Å². The van der Waals surface area contributed by atoms with Crippen LogP contribution in [0.1, 0.15) is 12.0 Å². The molecule has 0 unspecified atom stereocenters. The molecule has 1 aliphatic heterocycles. The standard InChI is InChI=1S/C14H19NO2/c1-15-8-6-11(7-9-15)12-4-5-13(16-2)14(10-12)17-3/h4-6,10H,7-9H2,1-3H3. The molecule has 0 saturated carbocycles. The molecule has 92 valence electrons. The Morgan fingerprint density at radius 3 is 2.47 bits per heavy atom. The van der Waals surface area contributed by atoms with Crippen molar-refractivity contribution >= 4 is 5.57 Å². The first-order valence-corrected chi connectivity index (χ1v) is 5.84. The Balaban J connectivity index is 2.27. The predicted octanol–water partition coefficient (Wildman–Crippen LogP) is 2.42. The van der Waals surface area contributed by atoms with Crippen LogP contribution in [0.4, 0.5) is 0 Å². The zero-order chi connectivity index (χ0) is 12.3. The predicted molar refractivity (Wildman–Crippen MR) is 69.6 cm³/mol. The van der Waals surface area contributed by atoms with Gasteiger partial charge in [0.15, 0.2) is 11.5 Å². The van der Waals surface area contributed by atoms with Gasteiger partial charge in [-0.05, 0) is 36.7 Å². The van der Waals surface area contributed by atoms with Gasteiger partial charge >= 0.3 is 0 Å². The minimum atomic E-state index is 0.782. The van der Waals surface area contributed by atoms with Crippen LogP contribution in [0, 0.1) is 0 Å². The minimum absolute atomic E-state index is 0.782. The van der Waals surface area contributed by atoms with Gasteiger partial charge in [-0.15, -0.1) is 0 Å². The molecule has 1 heterocycles. The maximum absolute atomic E-state index is 5.33. The SMILES string of the molecule is COc1ccc(C2=CCN(C)CC2)cc1OC. The summed E-state index contributed by atoms with van der Waals surface area (Å²) in [6.45, 7) is 2.13. The summed E-state index contributed by atoms with van der Waals surface area (Å²) >= 11 is 0. The van der Waals surface area contributed by atoms with Crippen LogP contribution in [-0.4, -0.2) is 39.3 Å². The van der Waals surface area contributed by atoms with Crippen LogP contribution in [0.25, 0.3) is 5.57 Å². The third-order valence-corrected chi connectivity index (χ3v) is 3.17. The molecule has 0 atom stereocenters. The molecule has 3 heteroatoms. The molecule has 3 nitrogen and oxygen atoms in total. The highest BCUT2D eigenvalue weighted by molar-refractivity contribution is 5.69. The van der Waals surface area contributed by atoms with Crippen molar-refractivity contribution in [1.29, 1.82) is 0 Å². The number of methoxy groups -OCH3 is 2. The van der Waals surface area contributed by atoms with Gasteiger partial charge in [0, 0.05) is 13.1 Å². The number of likely N-dealkylation sites (N-methyl/N-ethyl adjacent to an activating group) is 1. The Kier molecular flexibility index (Phi) is 3.69. The lowest BCUT2D eigenvalue weighted by atomic mass is 9.99. The quantitative estimate of drug-likeness (QED) is 0.800. The molecule has 2 rings (SSSR count). The van der Waals surface area contributed by atoms with E-state index in [4.69, 9.17) is 9.47 Å². The molecular formula is C14H19NO2. The first-order valence-electron chi connectivity index (χ1n) is 5.84. The van der Waals surface area contributed by atoms with Crippen LogP contribution in [0.15, 0.2) is 24.3 Å². The monoisotopic (exact) mass is 233 g/mol. The van der Waals surface area contributed by atoms with Crippen molar-refractivity contribution in [2.24, 2.45) is 0 Å². The van der Waals surface area contributed by atoms with Crippen molar-refractivity contribution in [3.8, 4) is 11.5 Å². The molecule has 0 aliphatic carbocycles. The molecule has 1 aromatic rings. The van der Waals surface area contributed by atoms with Crippen molar-refractivity contribution in [3.63, 3.8) is 0 Å². The molecule has 17 heavy (non-hydrogen) atoms. The van der Waals surface area contributed by atoms with Gasteiger partial charge in [0.2, 0.25) is 0 Å². The molecule has 0 bridgehead atoms. The summed E-state index contributed by atoms with van der Waals surface area (Å²) in [7, 11) is 5.47. The summed E-state index contributed by atoms with van der Waals surface area (Å²) in [5.41, 5.74) is 2.62. The number of benzene rings is 1. The van der Waals surface area contributed by atoms with E-state index in [0.29, 0.717) is 0 Å². The first-order chi connectivity index (χ1) is 8.24. The van der Waals surface area contributed by atoms with E-state index in [1.165, 1.54) is 11.1 Å². The van der Waals surface area contributed by atoms with Gasteiger partial charge in [-0.25, -0.2) is 0 Å². The third-order valence-electron chi connectivity index (χ3n) is 3.17. The van der Waals surface area contributed by atoms with Crippen molar-refractivity contribution in [2.75, 3.05) is 34.4 Å². The number of ether oxygens (including phenoxy) is 2. The maximum Gasteiger partial charge on any atom is 0.161 e. The third kappa shape index (κ3) is 2.61. The van der Waals surface area contributed by atoms with Gasteiger partial charge in [0.1, 0.15) is 0 Å². The Bertz CT molecular complexity index is 426. The van der Waals surface area contributed by atoms with Crippen LogP contribution in [0.5, 0.6) is 11.5 Å². The normalized spacial score (nSPS) is 16.5. The lowest BCUT2D eigenvalue weighted by Gasteiger charge is -2.22. The summed E-state index contributed by atoms with van der Waals surface area (Å²) in [6.07, 6.45) is 3.37. The molecule has 0 spiro atoms. The van der Waals surface area contributed by atoms with E-state index in [9.17, 15) is 0 Å². The highest BCUT2D eigenvalue weighted by Gasteiger charge is 2.12. The second-order valence-electron chi connectivity index (χ2n) is 4.31. The van der Waals surface area contributed by atoms with Crippen molar-refractivity contribution in [2.45, 2.75) is 6.42 Å².